The molecule has 0 atom stereocenters. The number of aliphatic carboxylic acids is 1. The van der Waals surface area contributed by atoms with Crippen molar-refractivity contribution in [2.45, 2.75) is 11.6 Å². The molecule has 1 N–H and O–H groups in total. The number of aromatic nitrogens is 2. The summed E-state index contributed by atoms with van der Waals surface area (Å²) in [5.41, 5.74) is 0.934. The van der Waals surface area contributed by atoms with Crippen molar-refractivity contribution in [1.29, 1.82) is 0 Å². The van der Waals surface area contributed by atoms with E-state index in [1.165, 1.54) is 0 Å². The van der Waals surface area contributed by atoms with Gasteiger partial charge in [0.15, 0.2) is 17.3 Å². The molecule has 7 nitrogen and oxygen atoms in total. The Bertz CT molecular complexity index is 629. The van der Waals surface area contributed by atoms with Crippen LogP contribution in [0.3, 0.4) is 0 Å². The minimum Gasteiger partial charge on any atom is -0.493 e. The van der Waals surface area contributed by atoms with E-state index in [2.05, 4.69) is 10.1 Å². The van der Waals surface area contributed by atoms with Crippen molar-refractivity contribution in [3.8, 4) is 11.5 Å². The lowest BCUT2D eigenvalue weighted by Crippen LogP contribution is -1.97. The Labute approximate surface area is 125 Å². The average molecular weight is 310 g/mol. The van der Waals surface area contributed by atoms with Crippen molar-refractivity contribution in [2.24, 2.45) is 0 Å². The van der Waals surface area contributed by atoms with Gasteiger partial charge in [0, 0.05) is 6.42 Å². The number of thioether (sulfide) groups is 1. The molecule has 21 heavy (non-hydrogen) atoms. The maximum absolute atomic E-state index is 10.5. The molecule has 2 rings (SSSR count). The van der Waals surface area contributed by atoms with E-state index in [9.17, 15) is 4.79 Å². The molecule has 0 unspecified atom stereocenters. The van der Waals surface area contributed by atoms with Gasteiger partial charge in [-0.2, -0.15) is 4.98 Å². The summed E-state index contributed by atoms with van der Waals surface area (Å²) in [4.78, 5) is 14.6. The van der Waals surface area contributed by atoms with Crippen LogP contribution in [0.2, 0.25) is 0 Å². The van der Waals surface area contributed by atoms with Gasteiger partial charge in [-0.3, -0.25) is 4.79 Å². The highest BCUT2D eigenvalue weighted by Crippen LogP contribution is 2.28. The van der Waals surface area contributed by atoms with Crippen molar-refractivity contribution < 1.29 is 23.9 Å². The molecule has 1 aromatic heterocycles. The Kier molecular flexibility index (Phi) is 5.04. The number of nitrogens with zero attached hydrogens (tertiary/aromatic N) is 2. The fourth-order valence-corrected chi connectivity index (χ4v) is 2.17. The Balaban J connectivity index is 2.06. The zero-order chi connectivity index (χ0) is 15.2. The Morgan fingerprint density at radius 2 is 2.10 bits per heavy atom. The molecule has 0 saturated carbocycles. The number of carboxylic acid groups (broad SMARTS) is 1. The molecule has 1 heterocycles. The van der Waals surface area contributed by atoms with Gasteiger partial charge in [0.2, 0.25) is 0 Å². The number of rotatable bonds is 7. The van der Waals surface area contributed by atoms with Crippen LogP contribution in [-0.2, 0) is 11.2 Å². The lowest BCUT2D eigenvalue weighted by molar-refractivity contribution is -0.133. The van der Waals surface area contributed by atoms with Crippen molar-refractivity contribution >= 4 is 17.7 Å². The third-order valence-electron chi connectivity index (χ3n) is 2.58. The molecule has 0 amide bonds. The van der Waals surface area contributed by atoms with E-state index in [1.807, 2.05) is 12.1 Å². The van der Waals surface area contributed by atoms with E-state index >= 15 is 0 Å². The number of hydrogen-bond donors (Lipinski definition) is 1. The summed E-state index contributed by atoms with van der Waals surface area (Å²) in [6.07, 6.45) is 0.456. The number of carbonyl (C=O) groups is 1. The SMILES string of the molecule is COc1ccc(Cc2noc(SCC(=O)O)n2)cc1OC. The normalized spacial score (nSPS) is 10.4. The zero-order valence-corrected chi connectivity index (χ0v) is 12.3. The second kappa shape index (κ2) is 6.98. The summed E-state index contributed by atoms with van der Waals surface area (Å²) in [7, 11) is 3.14. The highest BCUT2D eigenvalue weighted by atomic mass is 32.2. The van der Waals surface area contributed by atoms with E-state index in [1.54, 1.807) is 20.3 Å². The number of methoxy groups -OCH3 is 2. The Hall–Kier alpha value is -2.22. The predicted octanol–water partition coefficient (Wildman–Crippen LogP) is 1.85. The standard InChI is InChI=1S/C13H14N2O5S/c1-18-9-4-3-8(5-10(9)19-2)6-11-14-13(20-15-11)21-7-12(16)17/h3-5H,6-7H2,1-2H3,(H,16,17). The minimum atomic E-state index is -0.931. The van der Waals surface area contributed by atoms with Gasteiger partial charge in [0.1, 0.15) is 5.75 Å². The maximum atomic E-state index is 10.5. The summed E-state index contributed by atoms with van der Waals surface area (Å²) in [5, 5.41) is 12.6. The third kappa shape index (κ3) is 4.12. The lowest BCUT2D eigenvalue weighted by atomic mass is 10.1. The van der Waals surface area contributed by atoms with Gasteiger partial charge in [0.25, 0.3) is 5.22 Å². The number of carboxylic acids is 1. The van der Waals surface area contributed by atoms with Gasteiger partial charge in [-0.25, -0.2) is 0 Å². The smallest absolute Gasteiger partial charge is 0.314 e. The maximum Gasteiger partial charge on any atom is 0.314 e. The second-order valence-corrected chi connectivity index (χ2v) is 4.95. The predicted molar refractivity (Wildman–Crippen MR) is 75.0 cm³/mol. The first-order chi connectivity index (χ1) is 10.1. The second-order valence-electron chi connectivity index (χ2n) is 4.03. The molecule has 1 aromatic carbocycles. The van der Waals surface area contributed by atoms with Crippen LogP contribution in [0.1, 0.15) is 11.4 Å². The molecule has 0 aliphatic rings. The Morgan fingerprint density at radius 1 is 1.33 bits per heavy atom. The van der Waals surface area contributed by atoms with Crippen LogP contribution in [0.5, 0.6) is 11.5 Å². The van der Waals surface area contributed by atoms with Crippen LogP contribution in [0.25, 0.3) is 0 Å². The van der Waals surface area contributed by atoms with Gasteiger partial charge in [0.05, 0.1) is 14.2 Å². The molecule has 0 aliphatic carbocycles. The van der Waals surface area contributed by atoms with E-state index in [0.29, 0.717) is 23.7 Å². The van der Waals surface area contributed by atoms with E-state index < -0.39 is 5.97 Å². The molecule has 0 bridgehead atoms. The third-order valence-corrected chi connectivity index (χ3v) is 3.38. The molecule has 0 saturated heterocycles. The molecule has 0 radical (unpaired) electrons. The van der Waals surface area contributed by atoms with E-state index in [-0.39, 0.29) is 11.0 Å². The Morgan fingerprint density at radius 3 is 2.76 bits per heavy atom. The highest BCUT2D eigenvalue weighted by Gasteiger charge is 2.11. The molecule has 0 spiro atoms. The largest absolute Gasteiger partial charge is 0.493 e. The molecule has 8 heteroatoms. The molecular weight excluding hydrogens is 296 g/mol. The molecule has 0 fully saturated rings. The summed E-state index contributed by atoms with van der Waals surface area (Å²) >= 11 is 0.989. The van der Waals surface area contributed by atoms with Crippen LogP contribution in [-0.4, -0.2) is 41.2 Å². The van der Waals surface area contributed by atoms with Crippen LogP contribution in [0, 0.1) is 0 Å². The molecule has 0 aliphatic heterocycles. The van der Waals surface area contributed by atoms with Crippen LogP contribution in [0.4, 0.5) is 0 Å². The summed E-state index contributed by atoms with van der Waals surface area (Å²) in [5.74, 6) is 0.707. The number of benzene rings is 1. The molecule has 112 valence electrons. The minimum absolute atomic E-state index is 0.113. The van der Waals surface area contributed by atoms with E-state index in [4.69, 9.17) is 19.1 Å². The zero-order valence-electron chi connectivity index (χ0n) is 11.5. The number of ether oxygens (including phenoxy) is 2. The first-order valence-electron chi connectivity index (χ1n) is 6.00. The fraction of sp³-hybridized carbons (Fsp3) is 0.308. The first-order valence-corrected chi connectivity index (χ1v) is 6.99. The summed E-state index contributed by atoms with van der Waals surface area (Å²) < 4.78 is 15.4. The first kappa shape index (κ1) is 15.2. The van der Waals surface area contributed by atoms with Gasteiger partial charge in [-0.05, 0) is 17.7 Å². The summed E-state index contributed by atoms with van der Waals surface area (Å²) in [6, 6.07) is 5.51. The summed E-state index contributed by atoms with van der Waals surface area (Å²) in [6.45, 7) is 0. The van der Waals surface area contributed by atoms with Crippen LogP contribution >= 0.6 is 11.8 Å². The quantitative estimate of drug-likeness (QED) is 0.774. The van der Waals surface area contributed by atoms with E-state index in [0.717, 1.165) is 17.3 Å². The van der Waals surface area contributed by atoms with Gasteiger partial charge >= 0.3 is 5.97 Å². The van der Waals surface area contributed by atoms with Gasteiger partial charge in [-0.15, -0.1) is 0 Å². The van der Waals surface area contributed by atoms with Gasteiger partial charge in [-0.1, -0.05) is 23.0 Å². The van der Waals surface area contributed by atoms with Crippen molar-refractivity contribution in [3.05, 3.63) is 29.6 Å². The molecule has 2 aromatic rings. The topological polar surface area (TPSA) is 94.7 Å². The van der Waals surface area contributed by atoms with Crippen molar-refractivity contribution in [2.75, 3.05) is 20.0 Å². The lowest BCUT2D eigenvalue weighted by Gasteiger charge is -2.08. The highest BCUT2D eigenvalue weighted by molar-refractivity contribution is 7.99. The van der Waals surface area contributed by atoms with Gasteiger partial charge < -0.3 is 19.1 Å². The fourth-order valence-electron chi connectivity index (χ4n) is 1.67. The monoisotopic (exact) mass is 310 g/mol. The number of hydrogen-bond acceptors (Lipinski definition) is 7. The van der Waals surface area contributed by atoms with Crippen LogP contribution < -0.4 is 9.47 Å². The average Bonchev–Trinajstić information content (AvgIpc) is 2.92. The van der Waals surface area contributed by atoms with Crippen molar-refractivity contribution in [3.63, 3.8) is 0 Å². The van der Waals surface area contributed by atoms with Crippen molar-refractivity contribution in [1.82, 2.24) is 10.1 Å². The van der Waals surface area contributed by atoms with Crippen LogP contribution in [0.15, 0.2) is 27.9 Å². The molecular formula is C13H14N2O5S.